The second-order valence-electron chi connectivity index (χ2n) is 4.43. The molecule has 1 aromatic heterocycles. The molecule has 3 rings (SSSR count). The predicted octanol–water partition coefficient (Wildman–Crippen LogP) is 2.53. The Hall–Kier alpha value is -1.13. The van der Waals surface area contributed by atoms with Crippen LogP contribution in [0, 0.1) is 5.92 Å². The molecule has 0 saturated carbocycles. The van der Waals surface area contributed by atoms with Crippen molar-refractivity contribution >= 4 is 15.9 Å². The van der Waals surface area contributed by atoms with Gasteiger partial charge < -0.3 is 5.32 Å². The fourth-order valence-corrected chi connectivity index (χ4v) is 2.49. The first-order chi connectivity index (χ1) is 8.33. The molecule has 2 aromatic rings. The van der Waals surface area contributed by atoms with Crippen LogP contribution in [-0.2, 0) is 6.54 Å². The molecule has 4 heteroatoms. The lowest BCUT2D eigenvalue weighted by molar-refractivity contribution is 0.297. The second kappa shape index (κ2) is 4.63. The van der Waals surface area contributed by atoms with E-state index < -0.39 is 0 Å². The molecule has 1 aliphatic heterocycles. The van der Waals surface area contributed by atoms with Gasteiger partial charge >= 0.3 is 0 Å². The number of halogens is 1. The summed E-state index contributed by atoms with van der Waals surface area (Å²) in [5.74, 6) is 0.723. The van der Waals surface area contributed by atoms with Gasteiger partial charge in [-0.05, 0) is 18.2 Å². The monoisotopic (exact) mass is 291 g/mol. The molecule has 1 aliphatic rings. The zero-order valence-electron chi connectivity index (χ0n) is 9.44. The average molecular weight is 292 g/mol. The molecule has 0 aliphatic carbocycles. The SMILES string of the molecule is Brc1cccc(-c2ccnn2CC2CNC2)c1. The summed E-state index contributed by atoms with van der Waals surface area (Å²) in [6.45, 7) is 3.22. The van der Waals surface area contributed by atoms with Gasteiger partial charge in [0.15, 0.2) is 0 Å². The van der Waals surface area contributed by atoms with E-state index in [1.54, 1.807) is 0 Å². The first-order valence-electron chi connectivity index (χ1n) is 5.81. The molecular weight excluding hydrogens is 278 g/mol. The Balaban J connectivity index is 1.89. The summed E-state index contributed by atoms with van der Waals surface area (Å²) in [6, 6.07) is 10.4. The van der Waals surface area contributed by atoms with Crippen LogP contribution in [0.4, 0.5) is 0 Å². The van der Waals surface area contributed by atoms with Gasteiger partial charge in [0.1, 0.15) is 0 Å². The van der Waals surface area contributed by atoms with Gasteiger partial charge in [-0.2, -0.15) is 5.10 Å². The number of nitrogens with one attached hydrogen (secondary N) is 1. The van der Waals surface area contributed by atoms with Crippen molar-refractivity contribution < 1.29 is 0 Å². The van der Waals surface area contributed by atoms with Crippen LogP contribution in [0.15, 0.2) is 41.0 Å². The van der Waals surface area contributed by atoms with E-state index in [4.69, 9.17) is 0 Å². The number of rotatable bonds is 3. The minimum Gasteiger partial charge on any atom is -0.316 e. The Morgan fingerprint density at radius 2 is 2.24 bits per heavy atom. The standard InChI is InChI=1S/C13H14BrN3/c14-12-3-1-2-11(6-12)13-4-5-16-17(13)9-10-7-15-8-10/h1-6,10,15H,7-9H2. The van der Waals surface area contributed by atoms with Crippen LogP contribution in [-0.4, -0.2) is 22.9 Å². The van der Waals surface area contributed by atoms with Gasteiger partial charge in [-0.3, -0.25) is 4.68 Å². The first-order valence-corrected chi connectivity index (χ1v) is 6.61. The lowest BCUT2D eigenvalue weighted by Gasteiger charge is -2.27. The van der Waals surface area contributed by atoms with Crippen molar-refractivity contribution in [3.8, 4) is 11.3 Å². The lowest BCUT2D eigenvalue weighted by atomic mass is 10.0. The summed E-state index contributed by atoms with van der Waals surface area (Å²) >= 11 is 3.51. The average Bonchev–Trinajstić information content (AvgIpc) is 2.71. The summed E-state index contributed by atoms with van der Waals surface area (Å²) in [7, 11) is 0. The van der Waals surface area contributed by atoms with Crippen LogP contribution >= 0.6 is 15.9 Å². The molecule has 0 unspecified atom stereocenters. The van der Waals surface area contributed by atoms with E-state index in [-0.39, 0.29) is 0 Å². The van der Waals surface area contributed by atoms with E-state index >= 15 is 0 Å². The van der Waals surface area contributed by atoms with Crippen LogP contribution in [0.25, 0.3) is 11.3 Å². The molecule has 3 nitrogen and oxygen atoms in total. The Morgan fingerprint density at radius 1 is 1.35 bits per heavy atom. The third-order valence-electron chi connectivity index (χ3n) is 3.13. The molecule has 0 amide bonds. The molecule has 0 spiro atoms. The Labute approximate surface area is 109 Å². The smallest absolute Gasteiger partial charge is 0.0682 e. The molecule has 0 bridgehead atoms. The van der Waals surface area contributed by atoms with E-state index in [1.165, 1.54) is 11.3 Å². The van der Waals surface area contributed by atoms with Crippen LogP contribution < -0.4 is 5.32 Å². The maximum atomic E-state index is 4.42. The molecule has 1 saturated heterocycles. The summed E-state index contributed by atoms with van der Waals surface area (Å²) in [5.41, 5.74) is 2.40. The van der Waals surface area contributed by atoms with Gasteiger partial charge in [0.2, 0.25) is 0 Å². The van der Waals surface area contributed by atoms with Crippen molar-refractivity contribution in [3.05, 3.63) is 41.0 Å². The van der Waals surface area contributed by atoms with Crippen LogP contribution in [0.5, 0.6) is 0 Å². The number of aromatic nitrogens is 2. The predicted molar refractivity (Wildman–Crippen MR) is 71.7 cm³/mol. The van der Waals surface area contributed by atoms with E-state index in [0.717, 1.165) is 30.0 Å². The molecule has 17 heavy (non-hydrogen) atoms. The highest BCUT2D eigenvalue weighted by Crippen LogP contribution is 2.23. The van der Waals surface area contributed by atoms with Crippen LogP contribution in [0.1, 0.15) is 0 Å². The number of benzene rings is 1. The zero-order valence-corrected chi connectivity index (χ0v) is 11.0. The van der Waals surface area contributed by atoms with E-state index in [2.05, 4.69) is 55.3 Å². The fourth-order valence-electron chi connectivity index (χ4n) is 2.09. The number of hydrogen-bond acceptors (Lipinski definition) is 2. The summed E-state index contributed by atoms with van der Waals surface area (Å²) in [5, 5.41) is 7.71. The molecule has 1 N–H and O–H groups in total. The van der Waals surface area contributed by atoms with Crippen molar-refractivity contribution in [2.75, 3.05) is 13.1 Å². The Morgan fingerprint density at radius 3 is 2.94 bits per heavy atom. The molecule has 0 radical (unpaired) electrons. The molecule has 0 atom stereocenters. The molecular formula is C13H14BrN3. The van der Waals surface area contributed by atoms with Crippen molar-refractivity contribution in [2.24, 2.45) is 5.92 Å². The minimum absolute atomic E-state index is 0.723. The topological polar surface area (TPSA) is 29.9 Å². The Kier molecular flexibility index (Phi) is 2.99. The Bertz CT molecular complexity index is 517. The summed E-state index contributed by atoms with van der Waals surface area (Å²) in [6.07, 6.45) is 1.88. The van der Waals surface area contributed by atoms with Gasteiger partial charge in [0.25, 0.3) is 0 Å². The van der Waals surface area contributed by atoms with E-state index in [9.17, 15) is 0 Å². The maximum absolute atomic E-state index is 4.42. The largest absolute Gasteiger partial charge is 0.316 e. The van der Waals surface area contributed by atoms with Crippen molar-refractivity contribution in [2.45, 2.75) is 6.54 Å². The quantitative estimate of drug-likeness (QED) is 0.942. The molecule has 1 fully saturated rings. The highest BCUT2D eigenvalue weighted by atomic mass is 79.9. The maximum Gasteiger partial charge on any atom is 0.0682 e. The molecule has 1 aromatic carbocycles. The fraction of sp³-hybridized carbons (Fsp3) is 0.308. The molecule has 88 valence electrons. The number of hydrogen-bond donors (Lipinski definition) is 1. The van der Waals surface area contributed by atoms with Crippen LogP contribution in [0.2, 0.25) is 0 Å². The first kappa shape index (κ1) is 11.0. The van der Waals surface area contributed by atoms with Crippen molar-refractivity contribution in [1.82, 2.24) is 15.1 Å². The highest BCUT2D eigenvalue weighted by molar-refractivity contribution is 9.10. The summed E-state index contributed by atoms with van der Waals surface area (Å²) < 4.78 is 3.21. The normalized spacial score (nSPS) is 15.8. The van der Waals surface area contributed by atoms with Gasteiger partial charge in [0.05, 0.1) is 5.69 Å². The minimum atomic E-state index is 0.723. The number of nitrogens with zero attached hydrogens (tertiary/aromatic N) is 2. The third-order valence-corrected chi connectivity index (χ3v) is 3.63. The second-order valence-corrected chi connectivity index (χ2v) is 5.35. The zero-order chi connectivity index (χ0) is 11.7. The van der Waals surface area contributed by atoms with Gasteiger partial charge in [-0.1, -0.05) is 28.1 Å². The van der Waals surface area contributed by atoms with Gasteiger partial charge in [-0.25, -0.2) is 0 Å². The van der Waals surface area contributed by atoms with Gasteiger partial charge in [-0.15, -0.1) is 0 Å². The van der Waals surface area contributed by atoms with Crippen molar-refractivity contribution in [3.63, 3.8) is 0 Å². The lowest BCUT2D eigenvalue weighted by Crippen LogP contribution is -2.44. The van der Waals surface area contributed by atoms with Crippen LogP contribution in [0.3, 0.4) is 0 Å². The third kappa shape index (κ3) is 2.28. The van der Waals surface area contributed by atoms with Crippen molar-refractivity contribution in [1.29, 1.82) is 0 Å². The summed E-state index contributed by atoms with van der Waals surface area (Å²) in [4.78, 5) is 0. The molecule has 2 heterocycles. The van der Waals surface area contributed by atoms with Gasteiger partial charge in [0, 0.05) is 41.8 Å². The van der Waals surface area contributed by atoms with E-state index in [1.807, 2.05) is 12.3 Å². The highest BCUT2D eigenvalue weighted by Gasteiger charge is 2.18. The van der Waals surface area contributed by atoms with E-state index in [0.29, 0.717) is 0 Å².